The van der Waals surface area contributed by atoms with Crippen molar-refractivity contribution < 1.29 is 9.90 Å². The Morgan fingerprint density at radius 3 is 2.44 bits per heavy atom. The molecule has 0 aromatic heterocycles. The molecule has 2 heteroatoms. The summed E-state index contributed by atoms with van der Waals surface area (Å²) in [6, 6.07) is 4.96. The standard InChI is InChI=1S/C13H16O2.CH4/c1-9(2)4-5-12-8-11(10(3)14)6-7-13(12)15;/h4,6-8,15H,5H2,1-3H3;1H4. The highest BCUT2D eigenvalue weighted by atomic mass is 16.3. The van der Waals surface area contributed by atoms with Crippen LogP contribution in [0, 0.1) is 0 Å². The SMILES string of the molecule is C.CC(=O)c1ccc(O)c(CC=C(C)C)c1. The molecule has 0 saturated heterocycles. The summed E-state index contributed by atoms with van der Waals surface area (Å²) in [4.78, 5) is 11.1. The molecule has 0 spiro atoms. The van der Waals surface area contributed by atoms with E-state index in [9.17, 15) is 9.90 Å². The smallest absolute Gasteiger partial charge is 0.159 e. The van der Waals surface area contributed by atoms with Crippen LogP contribution >= 0.6 is 0 Å². The first-order chi connectivity index (χ1) is 7.00. The number of hydrogen-bond donors (Lipinski definition) is 1. The van der Waals surface area contributed by atoms with Crippen LogP contribution in [0.3, 0.4) is 0 Å². The van der Waals surface area contributed by atoms with Gasteiger partial charge in [-0.25, -0.2) is 0 Å². The van der Waals surface area contributed by atoms with Gasteiger partial charge in [-0.2, -0.15) is 0 Å². The first-order valence-electron chi connectivity index (χ1n) is 4.97. The molecule has 16 heavy (non-hydrogen) atoms. The molecular weight excluding hydrogens is 200 g/mol. The average molecular weight is 220 g/mol. The Labute approximate surface area is 97.6 Å². The number of aromatic hydroxyl groups is 1. The lowest BCUT2D eigenvalue weighted by atomic mass is 10.0. The number of carbonyl (C=O) groups excluding carboxylic acids is 1. The van der Waals surface area contributed by atoms with Crippen LogP contribution in [-0.2, 0) is 6.42 Å². The van der Waals surface area contributed by atoms with Crippen molar-refractivity contribution >= 4 is 5.78 Å². The van der Waals surface area contributed by atoms with Crippen molar-refractivity contribution in [3.63, 3.8) is 0 Å². The first-order valence-corrected chi connectivity index (χ1v) is 4.97. The Morgan fingerprint density at radius 1 is 1.31 bits per heavy atom. The molecule has 0 atom stereocenters. The normalized spacial score (nSPS) is 9.19. The van der Waals surface area contributed by atoms with E-state index in [2.05, 4.69) is 0 Å². The molecule has 2 nitrogen and oxygen atoms in total. The van der Waals surface area contributed by atoms with E-state index in [-0.39, 0.29) is 19.0 Å². The van der Waals surface area contributed by atoms with Crippen LogP contribution in [0.5, 0.6) is 5.75 Å². The minimum absolute atomic E-state index is 0. The number of phenolic OH excluding ortho intramolecular Hbond substituents is 1. The van der Waals surface area contributed by atoms with Crippen molar-refractivity contribution in [3.05, 3.63) is 41.0 Å². The number of ketones is 1. The minimum Gasteiger partial charge on any atom is -0.508 e. The molecule has 0 fully saturated rings. The van der Waals surface area contributed by atoms with Crippen molar-refractivity contribution in [2.24, 2.45) is 0 Å². The van der Waals surface area contributed by atoms with Crippen molar-refractivity contribution in [1.29, 1.82) is 0 Å². The van der Waals surface area contributed by atoms with E-state index in [1.54, 1.807) is 18.2 Å². The van der Waals surface area contributed by atoms with Crippen LogP contribution in [0.1, 0.15) is 44.1 Å². The molecule has 0 aliphatic carbocycles. The van der Waals surface area contributed by atoms with Crippen molar-refractivity contribution in [1.82, 2.24) is 0 Å². The number of allylic oxidation sites excluding steroid dienone is 2. The zero-order valence-electron chi connectivity index (χ0n) is 9.37. The largest absolute Gasteiger partial charge is 0.508 e. The van der Waals surface area contributed by atoms with Gasteiger partial charge in [0, 0.05) is 5.56 Å². The van der Waals surface area contributed by atoms with Gasteiger partial charge in [-0.05, 0) is 51.0 Å². The van der Waals surface area contributed by atoms with E-state index in [0.717, 1.165) is 5.56 Å². The fourth-order valence-electron chi connectivity index (χ4n) is 1.28. The molecule has 0 radical (unpaired) electrons. The minimum atomic E-state index is 0. The number of Topliss-reactive ketones (excluding diaryl/α,β-unsaturated/α-hetero) is 1. The third kappa shape index (κ3) is 3.89. The van der Waals surface area contributed by atoms with E-state index in [4.69, 9.17) is 0 Å². The number of carbonyl (C=O) groups is 1. The molecule has 0 heterocycles. The van der Waals surface area contributed by atoms with Gasteiger partial charge in [0.25, 0.3) is 0 Å². The molecule has 0 saturated carbocycles. The predicted octanol–water partition coefficient (Wildman–Crippen LogP) is 3.74. The van der Waals surface area contributed by atoms with E-state index in [0.29, 0.717) is 12.0 Å². The summed E-state index contributed by atoms with van der Waals surface area (Å²) in [5.74, 6) is 0.269. The van der Waals surface area contributed by atoms with Gasteiger partial charge in [-0.15, -0.1) is 0 Å². The summed E-state index contributed by atoms with van der Waals surface area (Å²) in [6.07, 6.45) is 2.69. The molecular formula is C14H20O2. The lowest BCUT2D eigenvalue weighted by Gasteiger charge is -2.04. The van der Waals surface area contributed by atoms with Gasteiger partial charge in [0.1, 0.15) is 5.75 Å². The zero-order valence-corrected chi connectivity index (χ0v) is 9.37. The molecule has 0 bridgehead atoms. The van der Waals surface area contributed by atoms with Gasteiger partial charge in [0.15, 0.2) is 5.78 Å². The van der Waals surface area contributed by atoms with Crippen molar-refractivity contribution in [2.75, 3.05) is 0 Å². The van der Waals surface area contributed by atoms with Crippen molar-refractivity contribution in [3.8, 4) is 5.75 Å². The van der Waals surface area contributed by atoms with E-state index in [1.807, 2.05) is 19.9 Å². The summed E-state index contributed by atoms with van der Waals surface area (Å²) in [5.41, 5.74) is 2.64. The van der Waals surface area contributed by atoms with E-state index < -0.39 is 0 Å². The molecule has 1 aromatic rings. The van der Waals surface area contributed by atoms with Crippen molar-refractivity contribution in [2.45, 2.75) is 34.6 Å². The third-order valence-electron chi connectivity index (χ3n) is 2.22. The Balaban J connectivity index is 0.00000225. The molecule has 0 aliphatic heterocycles. The van der Waals surface area contributed by atoms with Gasteiger partial charge in [0.05, 0.1) is 0 Å². The molecule has 88 valence electrons. The lowest BCUT2D eigenvalue weighted by molar-refractivity contribution is 0.101. The number of rotatable bonds is 3. The van der Waals surface area contributed by atoms with Crippen LogP contribution in [0.4, 0.5) is 0 Å². The lowest BCUT2D eigenvalue weighted by Crippen LogP contribution is -1.94. The number of benzene rings is 1. The number of hydrogen-bond acceptors (Lipinski definition) is 2. The maximum atomic E-state index is 11.1. The summed E-state index contributed by atoms with van der Waals surface area (Å²) in [6.45, 7) is 5.54. The molecule has 0 amide bonds. The van der Waals surface area contributed by atoms with Crippen LogP contribution in [-0.4, -0.2) is 10.9 Å². The fraction of sp³-hybridized carbons (Fsp3) is 0.357. The quantitative estimate of drug-likeness (QED) is 0.622. The van der Waals surface area contributed by atoms with Crippen LogP contribution in [0.25, 0.3) is 0 Å². The Morgan fingerprint density at radius 2 is 1.94 bits per heavy atom. The van der Waals surface area contributed by atoms with Crippen LogP contribution in [0.15, 0.2) is 29.8 Å². The molecule has 1 N–H and O–H groups in total. The highest BCUT2D eigenvalue weighted by Crippen LogP contribution is 2.20. The molecule has 1 rings (SSSR count). The maximum Gasteiger partial charge on any atom is 0.159 e. The second-order valence-corrected chi connectivity index (χ2v) is 3.89. The second kappa shape index (κ2) is 6.11. The average Bonchev–Trinajstić information content (AvgIpc) is 2.16. The Kier molecular flexibility index (Phi) is 5.51. The maximum absolute atomic E-state index is 11.1. The van der Waals surface area contributed by atoms with Gasteiger partial charge in [0.2, 0.25) is 0 Å². The van der Waals surface area contributed by atoms with Gasteiger partial charge in [-0.3, -0.25) is 4.79 Å². The highest BCUT2D eigenvalue weighted by molar-refractivity contribution is 5.94. The third-order valence-corrected chi connectivity index (χ3v) is 2.22. The zero-order chi connectivity index (χ0) is 11.4. The van der Waals surface area contributed by atoms with Gasteiger partial charge in [-0.1, -0.05) is 19.1 Å². The summed E-state index contributed by atoms with van der Waals surface area (Å²) < 4.78 is 0. The summed E-state index contributed by atoms with van der Waals surface area (Å²) in [5, 5.41) is 9.59. The second-order valence-electron chi connectivity index (χ2n) is 3.89. The Hall–Kier alpha value is -1.57. The molecule has 0 unspecified atom stereocenters. The Bertz CT molecular complexity index is 399. The van der Waals surface area contributed by atoms with Gasteiger partial charge < -0.3 is 5.11 Å². The molecule has 1 aromatic carbocycles. The number of phenols is 1. The van der Waals surface area contributed by atoms with E-state index in [1.165, 1.54) is 12.5 Å². The topological polar surface area (TPSA) is 37.3 Å². The highest BCUT2D eigenvalue weighted by Gasteiger charge is 2.04. The monoisotopic (exact) mass is 220 g/mol. The first kappa shape index (κ1) is 14.4. The summed E-state index contributed by atoms with van der Waals surface area (Å²) >= 11 is 0. The predicted molar refractivity (Wildman–Crippen MR) is 68.0 cm³/mol. The van der Waals surface area contributed by atoms with Gasteiger partial charge >= 0.3 is 0 Å². The molecule has 0 aliphatic rings. The van der Waals surface area contributed by atoms with Crippen LogP contribution in [0.2, 0.25) is 0 Å². The van der Waals surface area contributed by atoms with Crippen LogP contribution < -0.4 is 0 Å². The summed E-state index contributed by atoms with van der Waals surface area (Å²) in [7, 11) is 0. The fourth-order valence-corrected chi connectivity index (χ4v) is 1.28. The van der Waals surface area contributed by atoms with E-state index >= 15 is 0 Å².